The van der Waals surface area contributed by atoms with Gasteiger partial charge in [0.25, 0.3) is 0 Å². The molecule has 5 aromatic rings. The number of hydrogen-bond acceptors (Lipinski definition) is 5. The summed E-state index contributed by atoms with van der Waals surface area (Å²) < 4.78 is 3.38. The minimum Gasteiger partial charge on any atom is -0.324 e. The molecule has 0 aliphatic heterocycles. The highest BCUT2D eigenvalue weighted by molar-refractivity contribution is 7.18. The van der Waals surface area contributed by atoms with Crippen molar-refractivity contribution < 1.29 is 4.79 Å². The Balaban J connectivity index is 1.44. The van der Waals surface area contributed by atoms with E-state index in [4.69, 9.17) is 0 Å². The molecule has 7 nitrogen and oxygen atoms in total. The summed E-state index contributed by atoms with van der Waals surface area (Å²) in [7, 11) is 0. The molecule has 0 spiro atoms. The summed E-state index contributed by atoms with van der Waals surface area (Å²) in [5.74, 6) is 0.106. The summed E-state index contributed by atoms with van der Waals surface area (Å²) in [6.07, 6.45) is 1.48. The van der Waals surface area contributed by atoms with Crippen LogP contribution >= 0.6 is 11.3 Å². The molecule has 3 heterocycles. The van der Waals surface area contributed by atoms with Crippen LogP contribution in [0.15, 0.2) is 65.0 Å². The van der Waals surface area contributed by atoms with Crippen LogP contribution in [0, 0.1) is 6.92 Å². The van der Waals surface area contributed by atoms with Crippen LogP contribution in [0.5, 0.6) is 0 Å². The molecule has 33 heavy (non-hydrogen) atoms. The molecule has 8 heteroatoms. The van der Waals surface area contributed by atoms with E-state index < -0.39 is 5.69 Å². The molecule has 3 aromatic heterocycles. The lowest BCUT2D eigenvalue weighted by molar-refractivity contribution is -0.117. The maximum atomic E-state index is 12.8. The number of aryl methyl sites for hydroxylation is 1. The van der Waals surface area contributed by atoms with Gasteiger partial charge in [-0.25, -0.2) is 18.9 Å². The van der Waals surface area contributed by atoms with Gasteiger partial charge in [0.2, 0.25) is 5.91 Å². The van der Waals surface area contributed by atoms with E-state index in [-0.39, 0.29) is 12.5 Å². The van der Waals surface area contributed by atoms with Crippen molar-refractivity contribution in [2.45, 2.75) is 33.2 Å². The highest BCUT2D eigenvalue weighted by atomic mass is 32.1. The van der Waals surface area contributed by atoms with E-state index in [0.717, 1.165) is 21.3 Å². The number of anilines is 1. The molecular formula is C25H23N5O2S. The maximum absolute atomic E-state index is 12.8. The van der Waals surface area contributed by atoms with E-state index in [1.54, 1.807) is 0 Å². The smallest absolute Gasteiger partial charge is 0.324 e. The number of rotatable bonds is 5. The topological polar surface area (TPSA) is 81.3 Å². The Hall–Kier alpha value is -3.78. The molecule has 0 fully saturated rings. The zero-order valence-corrected chi connectivity index (χ0v) is 19.4. The Labute approximate surface area is 194 Å². The molecular weight excluding hydrogens is 434 g/mol. The largest absolute Gasteiger partial charge is 0.352 e. The monoisotopic (exact) mass is 457 g/mol. The number of benzene rings is 2. The number of thiophene rings is 1. The van der Waals surface area contributed by atoms with Gasteiger partial charge in [0.05, 0.1) is 10.2 Å². The van der Waals surface area contributed by atoms with E-state index in [9.17, 15) is 9.59 Å². The minimum atomic E-state index is -0.394. The molecule has 0 aliphatic rings. The molecule has 1 amide bonds. The summed E-state index contributed by atoms with van der Waals surface area (Å²) in [6, 6.07) is 16.0. The van der Waals surface area contributed by atoms with Crippen LogP contribution < -0.4 is 11.0 Å². The van der Waals surface area contributed by atoms with E-state index in [1.807, 2.05) is 36.6 Å². The number of carbonyl (C=O) groups excluding carboxylic acids is 1. The number of aromatic nitrogens is 4. The molecule has 0 unspecified atom stereocenters. The van der Waals surface area contributed by atoms with Gasteiger partial charge in [0.15, 0.2) is 5.65 Å². The molecule has 0 saturated carbocycles. The van der Waals surface area contributed by atoms with Crippen LogP contribution in [-0.2, 0) is 11.3 Å². The highest BCUT2D eigenvalue weighted by Gasteiger charge is 2.17. The first-order chi connectivity index (χ1) is 15.9. The van der Waals surface area contributed by atoms with E-state index in [2.05, 4.69) is 53.5 Å². The van der Waals surface area contributed by atoms with Crippen LogP contribution in [0.3, 0.4) is 0 Å². The molecule has 0 saturated heterocycles. The SMILES string of the molecule is Cc1ccc(-c2csc3c2ncn2c(=O)n(CC(=O)Nc4ccc(C(C)C)cc4)nc32)cc1. The van der Waals surface area contributed by atoms with Crippen molar-refractivity contribution in [2.75, 3.05) is 5.32 Å². The second-order valence-corrected chi connectivity index (χ2v) is 9.28. The number of amides is 1. The van der Waals surface area contributed by atoms with E-state index >= 15 is 0 Å². The first-order valence-electron chi connectivity index (χ1n) is 10.7. The quantitative estimate of drug-likeness (QED) is 0.409. The number of nitrogens with zero attached hydrogens (tertiary/aromatic N) is 4. The Kier molecular flexibility index (Phi) is 5.30. The lowest BCUT2D eigenvalue weighted by Crippen LogP contribution is -2.28. The van der Waals surface area contributed by atoms with Crippen LogP contribution in [-0.4, -0.2) is 25.1 Å². The Morgan fingerprint density at radius 2 is 1.82 bits per heavy atom. The lowest BCUT2D eigenvalue weighted by atomic mass is 10.0. The van der Waals surface area contributed by atoms with Crippen LogP contribution in [0.25, 0.3) is 27.0 Å². The van der Waals surface area contributed by atoms with Gasteiger partial charge in [-0.15, -0.1) is 16.4 Å². The molecule has 0 aliphatic carbocycles. The van der Waals surface area contributed by atoms with Crippen LogP contribution in [0.2, 0.25) is 0 Å². The predicted molar refractivity (Wildman–Crippen MR) is 132 cm³/mol. The van der Waals surface area contributed by atoms with Gasteiger partial charge in [0.1, 0.15) is 12.9 Å². The fourth-order valence-corrected chi connectivity index (χ4v) is 4.76. The normalized spacial score (nSPS) is 11.5. The highest BCUT2D eigenvalue weighted by Crippen LogP contribution is 2.34. The number of carbonyl (C=O) groups is 1. The second kappa shape index (κ2) is 8.29. The molecule has 166 valence electrons. The molecule has 0 atom stereocenters. The molecule has 5 rings (SSSR count). The van der Waals surface area contributed by atoms with Gasteiger partial charge >= 0.3 is 5.69 Å². The third-order valence-electron chi connectivity index (χ3n) is 5.66. The van der Waals surface area contributed by atoms with Crippen molar-refractivity contribution in [1.82, 2.24) is 19.2 Å². The fourth-order valence-electron chi connectivity index (χ4n) is 3.76. The van der Waals surface area contributed by atoms with Gasteiger partial charge in [-0.3, -0.25) is 4.79 Å². The lowest BCUT2D eigenvalue weighted by Gasteiger charge is -2.08. The molecule has 2 aromatic carbocycles. The number of fused-ring (bicyclic) bond motifs is 3. The van der Waals surface area contributed by atoms with Gasteiger partial charge < -0.3 is 5.32 Å². The first kappa shape index (κ1) is 21.1. The summed E-state index contributed by atoms with van der Waals surface area (Å²) in [6.45, 7) is 6.11. The third kappa shape index (κ3) is 3.93. The van der Waals surface area contributed by atoms with Gasteiger partial charge in [-0.1, -0.05) is 55.8 Å². The van der Waals surface area contributed by atoms with Crippen LogP contribution in [0.1, 0.15) is 30.9 Å². The van der Waals surface area contributed by atoms with Crippen molar-refractivity contribution in [3.8, 4) is 11.1 Å². The average Bonchev–Trinajstić information content (AvgIpc) is 3.36. The van der Waals surface area contributed by atoms with Gasteiger partial charge in [-0.2, -0.15) is 0 Å². The number of nitrogens with one attached hydrogen (secondary N) is 1. The van der Waals surface area contributed by atoms with E-state index in [0.29, 0.717) is 17.3 Å². The van der Waals surface area contributed by atoms with Crippen LogP contribution in [0.4, 0.5) is 5.69 Å². The Morgan fingerprint density at radius 3 is 2.52 bits per heavy atom. The molecule has 0 radical (unpaired) electrons. The zero-order chi connectivity index (χ0) is 23.1. The fraction of sp³-hybridized carbons (Fsp3) is 0.200. The molecule has 0 bridgehead atoms. The summed E-state index contributed by atoms with van der Waals surface area (Å²) in [5, 5.41) is 9.32. The van der Waals surface area contributed by atoms with Gasteiger partial charge in [-0.05, 0) is 36.1 Å². The predicted octanol–water partition coefficient (Wildman–Crippen LogP) is 4.84. The van der Waals surface area contributed by atoms with Crippen molar-refractivity contribution in [3.63, 3.8) is 0 Å². The zero-order valence-electron chi connectivity index (χ0n) is 18.6. The average molecular weight is 458 g/mol. The minimum absolute atomic E-state index is 0.176. The molecule has 1 N–H and O–H groups in total. The first-order valence-corrected chi connectivity index (χ1v) is 11.6. The Morgan fingerprint density at radius 1 is 1.09 bits per heavy atom. The van der Waals surface area contributed by atoms with Crippen molar-refractivity contribution in [2.24, 2.45) is 0 Å². The summed E-state index contributed by atoms with van der Waals surface area (Å²) >= 11 is 1.49. The maximum Gasteiger partial charge on any atom is 0.352 e. The van der Waals surface area contributed by atoms with Crippen molar-refractivity contribution in [1.29, 1.82) is 0 Å². The van der Waals surface area contributed by atoms with Gasteiger partial charge in [0, 0.05) is 16.6 Å². The second-order valence-electron chi connectivity index (χ2n) is 8.40. The third-order valence-corrected chi connectivity index (χ3v) is 6.62. The summed E-state index contributed by atoms with van der Waals surface area (Å²) in [5.41, 5.74) is 6.04. The van der Waals surface area contributed by atoms with E-state index in [1.165, 1.54) is 37.9 Å². The number of hydrogen-bond donors (Lipinski definition) is 1. The van der Waals surface area contributed by atoms with Crippen molar-refractivity contribution >= 4 is 38.8 Å². The summed E-state index contributed by atoms with van der Waals surface area (Å²) in [4.78, 5) is 29.9. The standard InChI is InChI=1S/C25H23N5O2S/c1-15(2)17-8-10-19(11-9-17)27-21(31)12-30-25(32)29-14-26-22-20(13-33-23(22)24(29)28-30)18-6-4-16(3)5-7-18/h4-11,13-15H,12H2,1-3H3,(H,27,31). The Bertz CT molecular complexity index is 1530. The van der Waals surface area contributed by atoms with Crippen molar-refractivity contribution in [3.05, 3.63) is 81.8 Å².